The van der Waals surface area contributed by atoms with Crippen molar-refractivity contribution in [2.24, 2.45) is 5.92 Å². The Kier molecular flexibility index (Phi) is 7.60. The standard InChI is InChI=1S/C25H30ClNO4/c1-5-31-24(28)15-27-14-22(19-8-6-7-9-23(19)30-4)20-13-17(26)10-11-18(20)21(25(27)29)12-16(2)3/h6-11,13,16,21-22H,5,12,14-15H2,1-4H3. The first-order chi connectivity index (χ1) is 14.8. The molecule has 2 atom stereocenters. The van der Waals surface area contributed by atoms with Crippen molar-refractivity contribution in [3.63, 3.8) is 0 Å². The highest BCUT2D eigenvalue weighted by Gasteiger charge is 2.37. The Balaban J connectivity index is 2.17. The van der Waals surface area contributed by atoms with Crippen molar-refractivity contribution in [1.29, 1.82) is 0 Å². The summed E-state index contributed by atoms with van der Waals surface area (Å²) in [5, 5.41) is 0.619. The highest BCUT2D eigenvalue weighted by atomic mass is 35.5. The first-order valence-corrected chi connectivity index (χ1v) is 11.1. The summed E-state index contributed by atoms with van der Waals surface area (Å²) in [6, 6.07) is 13.5. The molecule has 0 N–H and O–H groups in total. The molecule has 31 heavy (non-hydrogen) atoms. The number of ether oxygens (including phenoxy) is 2. The van der Waals surface area contributed by atoms with Gasteiger partial charge in [-0.2, -0.15) is 0 Å². The van der Waals surface area contributed by atoms with Crippen molar-refractivity contribution in [3.8, 4) is 5.75 Å². The molecule has 1 heterocycles. The molecule has 1 amide bonds. The number of hydrogen-bond acceptors (Lipinski definition) is 4. The Labute approximate surface area is 189 Å². The molecular weight excluding hydrogens is 414 g/mol. The van der Waals surface area contributed by atoms with E-state index in [0.29, 0.717) is 23.9 Å². The molecule has 0 saturated heterocycles. The van der Waals surface area contributed by atoms with Crippen molar-refractivity contribution >= 4 is 23.5 Å². The SMILES string of the molecule is CCOC(=O)CN1CC(c2ccccc2OC)c2cc(Cl)ccc2C(CC(C)C)C1=O. The summed E-state index contributed by atoms with van der Waals surface area (Å²) >= 11 is 6.40. The van der Waals surface area contributed by atoms with Crippen LogP contribution in [0.1, 0.15) is 55.7 Å². The average molecular weight is 444 g/mol. The molecule has 6 heteroatoms. The summed E-state index contributed by atoms with van der Waals surface area (Å²) in [7, 11) is 1.64. The Morgan fingerprint density at radius 3 is 2.58 bits per heavy atom. The second-order valence-electron chi connectivity index (χ2n) is 8.27. The highest BCUT2D eigenvalue weighted by molar-refractivity contribution is 6.30. The van der Waals surface area contributed by atoms with Gasteiger partial charge in [0.25, 0.3) is 0 Å². The van der Waals surface area contributed by atoms with Gasteiger partial charge in [-0.05, 0) is 48.6 Å². The highest BCUT2D eigenvalue weighted by Crippen LogP contribution is 2.42. The third kappa shape index (κ3) is 5.21. The Morgan fingerprint density at radius 2 is 1.90 bits per heavy atom. The molecule has 0 radical (unpaired) electrons. The monoisotopic (exact) mass is 443 g/mol. The van der Waals surface area contributed by atoms with Gasteiger partial charge in [-0.1, -0.05) is 49.7 Å². The minimum absolute atomic E-state index is 0.0530. The Hall–Kier alpha value is -2.53. The number of hydrogen-bond donors (Lipinski definition) is 0. The second-order valence-corrected chi connectivity index (χ2v) is 8.71. The van der Waals surface area contributed by atoms with E-state index in [-0.39, 0.29) is 30.9 Å². The van der Waals surface area contributed by atoms with Crippen LogP contribution in [-0.4, -0.2) is 43.6 Å². The van der Waals surface area contributed by atoms with Crippen LogP contribution in [-0.2, 0) is 14.3 Å². The summed E-state index contributed by atoms with van der Waals surface area (Å²) in [5.41, 5.74) is 2.92. The molecule has 1 aliphatic rings. The third-order valence-corrected chi connectivity index (χ3v) is 5.89. The van der Waals surface area contributed by atoms with E-state index in [4.69, 9.17) is 21.1 Å². The van der Waals surface area contributed by atoms with Crippen molar-refractivity contribution in [2.45, 2.75) is 39.0 Å². The molecule has 0 aromatic heterocycles. The van der Waals surface area contributed by atoms with Crippen LogP contribution in [0.4, 0.5) is 0 Å². The molecule has 2 aromatic carbocycles. The number of benzene rings is 2. The summed E-state index contributed by atoms with van der Waals surface area (Å²) in [6.45, 7) is 6.51. The predicted molar refractivity (Wildman–Crippen MR) is 122 cm³/mol. The number of halogens is 1. The molecule has 2 aromatic rings. The number of fused-ring (bicyclic) bond motifs is 1. The lowest BCUT2D eigenvalue weighted by Gasteiger charge is -2.27. The zero-order valence-electron chi connectivity index (χ0n) is 18.6. The smallest absolute Gasteiger partial charge is 0.325 e. The molecule has 0 bridgehead atoms. The van der Waals surface area contributed by atoms with Crippen LogP contribution in [0.25, 0.3) is 0 Å². The Morgan fingerprint density at radius 1 is 1.16 bits per heavy atom. The van der Waals surface area contributed by atoms with Gasteiger partial charge in [0.2, 0.25) is 5.91 Å². The van der Waals surface area contributed by atoms with E-state index in [1.165, 1.54) is 0 Å². The number of esters is 1. The number of nitrogens with zero attached hydrogens (tertiary/aromatic N) is 1. The van der Waals surface area contributed by atoms with Gasteiger partial charge in [-0.25, -0.2) is 0 Å². The van der Waals surface area contributed by atoms with Gasteiger partial charge in [0.05, 0.1) is 19.6 Å². The normalized spacial score (nSPS) is 18.5. The molecule has 0 aliphatic carbocycles. The molecule has 2 unspecified atom stereocenters. The molecule has 0 saturated carbocycles. The summed E-state index contributed by atoms with van der Waals surface area (Å²) in [6.07, 6.45) is 0.686. The molecular formula is C25H30ClNO4. The van der Waals surface area contributed by atoms with E-state index in [2.05, 4.69) is 13.8 Å². The van der Waals surface area contributed by atoms with Crippen molar-refractivity contribution in [2.75, 3.05) is 26.8 Å². The number of carbonyl (C=O) groups is 2. The third-order valence-electron chi connectivity index (χ3n) is 5.66. The second kappa shape index (κ2) is 10.2. The van der Waals surface area contributed by atoms with Gasteiger partial charge in [0, 0.05) is 23.0 Å². The van der Waals surface area contributed by atoms with Gasteiger partial charge in [0.15, 0.2) is 0 Å². The lowest BCUT2D eigenvalue weighted by atomic mass is 9.82. The zero-order valence-corrected chi connectivity index (χ0v) is 19.3. The van der Waals surface area contributed by atoms with Gasteiger partial charge in [-0.15, -0.1) is 0 Å². The quantitative estimate of drug-likeness (QED) is 0.564. The molecule has 1 aliphatic heterocycles. The maximum atomic E-state index is 13.7. The first-order valence-electron chi connectivity index (χ1n) is 10.7. The van der Waals surface area contributed by atoms with Crippen molar-refractivity contribution in [3.05, 3.63) is 64.2 Å². The van der Waals surface area contributed by atoms with Crippen LogP contribution in [0.15, 0.2) is 42.5 Å². The summed E-state index contributed by atoms with van der Waals surface area (Å²) in [4.78, 5) is 27.6. The van der Waals surface area contributed by atoms with Crippen LogP contribution in [0.2, 0.25) is 5.02 Å². The van der Waals surface area contributed by atoms with Gasteiger partial charge in [-0.3, -0.25) is 9.59 Å². The van der Waals surface area contributed by atoms with Crippen molar-refractivity contribution < 1.29 is 19.1 Å². The molecule has 3 rings (SSSR count). The van der Waals surface area contributed by atoms with Gasteiger partial charge >= 0.3 is 5.97 Å². The van der Waals surface area contributed by atoms with Crippen LogP contribution in [0, 0.1) is 5.92 Å². The van der Waals surface area contributed by atoms with Crippen LogP contribution in [0.3, 0.4) is 0 Å². The topological polar surface area (TPSA) is 55.8 Å². The number of amides is 1. The minimum Gasteiger partial charge on any atom is -0.496 e. The molecule has 0 fully saturated rings. The van der Waals surface area contributed by atoms with Crippen LogP contribution < -0.4 is 4.74 Å². The van der Waals surface area contributed by atoms with E-state index in [0.717, 1.165) is 22.4 Å². The number of para-hydroxylation sites is 1. The number of methoxy groups -OCH3 is 1. The van der Waals surface area contributed by atoms with Gasteiger partial charge < -0.3 is 14.4 Å². The largest absolute Gasteiger partial charge is 0.496 e. The maximum absolute atomic E-state index is 13.7. The van der Waals surface area contributed by atoms with E-state index in [1.54, 1.807) is 18.9 Å². The number of carbonyl (C=O) groups excluding carboxylic acids is 2. The number of rotatable bonds is 7. The summed E-state index contributed by atoms with van der Waals surface area (Å²) < 4.78 is 10.8. The summed E-state index contributed by atoms with van der Waals surface area (Å²) in [5.74, 6) is 0.0698. The predicted octanol–water partition coefficient (Wildman–Crippen LogP) is 5.02. The van der Waals surface area contributed by atoms with Crippen molar-refractivity contribution in [1.82, 2.24) is 4.90 Å². The lowest BCUT2D eigenvalue weighted by Crippen LogP contribution is -2.40. The fraction of sp³-hybridized carbons (Fsp3) is 0.440. The van der Waals surface area contributed by atoms with E-state index in [1.807, 2.05) is 42.5 Å². The van der Waals surface area contributed by atoms with Gasteiger partial charge in [0.1, 0.15) is 12.3 Å². The molecule has 0 spiro atoms. The van der Waals surface area contributed by atoms with E-state index in [9.17, 15) is 9.59 Å². The first kappa shape index (κ1) is 23.1. The fourth-order valence-corrected chi connectivity index (χ4v) is 4.53. The minimum atomic E-state index is -0.401. The fourth-order valence-electron chi connectivity index (χ4n) is 4.35. The van der Waals surface area contributed by atoms with Crippen LogP contribution >= 0.6 is 11.6 Å². The van der Waals surface area contributed by atoms with Crippen LogP contribution in [0.5, 0.6) is 5.75 Å². The maximum Gasteiger partial charge on any atom is 0.325 e. The average Bonchev–Trinajstić information content (AvgIpc) is 2.84. The van der Waals surface area contributed by atoms with E-state index >= 15 is 0 Å². The zero-order chi connectivity index (χ0) is 22.5. The van der Waals surface area contributed by atoms with E-state index < -0.39 is 5.97 Å². The Bertz CT molecular complexity index is 943. The molecule has 5 nitrogen and oxygen atoms in total. The lowest BCUT2D eigenvalue weighted by molar-refractivity contribution is -0.149. The molecule has 166 valence electrons.